The average molecular weight is 379 g/mol. The lowest BCUT2D eigenvalue weighted by atomic mass is 10.2. The summed E-state index contributed by atoms with van der Waals surface area (Å²) in [5.41, 5.74) is 0.0963. The van der Waals surface area contributed by atoms with Crippen LogP contribution in [-0.4, -0.2) is 30.0 Å². The third kappa shape index (κ3) is 4.48. The van der Waals surface area contributed by atoms with Crippen LogP contribution in [0.5, 0.6) is 5.75 Å². The van der Waals surface area contributed by atoms with E-state index < -0.39 is 22.9 Å². The van der Waals surface area contributed by atoms with Crippen LogP contribution in [0.15, 0.2) is 42.5 Å². The predicted octanol–water partition coefficient (Wildman–Crippen LogP) is 3.44. The number of hydrogen-bond donors (Lipinski definition) is 1. The van der Waals surface area contributed by atoms with Crippen molar-refractivity contribution >= 4 is 34.9 Å². The van der Waals surface area contributed by atoms with Gasteiger partial charge in [-0.25, -0.2) is 4.79 Å². The second-order valence-electron chi connectivity index (χ2n) is 5.16. The SMILES string of the molecule is COc1ccccc1NC(=O)[C@@H](C)OC(=O)c1ccc([N+](=O)[O-])cc1Cl. The number of nitro groups is 1. The molecule has 1 N–H and O–H groups in total. The lowest BCUT2D eigenvalue weighted by Gasteiger charge is -2.15. The number of methoxy groups -OCH3 is 1. The Kier molecular flexibility index (Phi) is 6.13. The lowest BCUT2D eigenvalue weighted by Crippen LogP contribution is -2.30. The lowest BCUT2D eigenvalue weighted by molar-refractivity contribution is -0.384. The molecule has 0 aliphatic rings. The van der Waals surface area contributed by atoms with Gasteiger partial charge in [0.1, 0.15) is 5.75 Å². The van der Waals surface area contributed by atoms with Gasteiger partial charge in [-0.15, -0.1) is 0 Å². The number of hydrogen-bond acceptors (Lipinski definition) is 6. The van der Waals surface area contributed by atoms with Crippen molar-refractivity contribution in [3.05, 3.63) is 63.2 Å². The minimum Gasteiger partial charge on any atom is -0.495 e. The summed E-state index contributed by atoms with van der Waals surface area (Å²) in [6.07, 6.45) is -1.13. The maximum atomic E-state index is 12.2. The van der Waals surface area contributed by atoms with Crippen molar-refractivity contribution in [3.8, 4) is 5.75 Å². The Morgan fingerprint density at radius 2 is 1.92 bits per heavy atom. The van der Waals surface area contributed by atoms with E-state index in [0.29, 0.717) is 11.4 Å². The van der Waals surface area contributed by atoms with Crippen LogP contribution < -0.4 is 10.1 Å². The first-order chi connectivity index (χ1) is 12.3. The average Bonchev–Trinajstić information content (AvgIpc) is 2.61. The molecule has 26 heavy (non-hydrogen) atoms. The van der Waals surface area contributed by atoms with Crippen molar-refractivity contribution in [2.24, 2.45) is 0 Å². The molecule has 0 saturated heterocycles. The molecule has 8 nitrogen and oxygen atoms in total. The number of carbonyl (C=O) groups is 2. The van der Waals surface area contributed by atoms with Crippen LogP contribution in [0.1, 0.15) is 17.3 Å². The fraction of sp³-hybridized carbons (Fsp3) is 0.176. The van der Waals surface area contributed by atoms with Crippen molar-refractivity contribution < 1.29 is 24.0 Å². The predicted molar refractivity (Wildman–Crippen MR) is 94.6 cm³/mol. The summed E-state index contributed by atoms with van der Waals surface area (Å²) in [7, 11) is 1.46. The van der Waals surface area contributed by atoms with E-state index in [9.17, 15) is 19.7 Å². The molecule has 1 atom stereocenters. The number of nitrogens with zero attached hydrogens (tertiary/aromatic N) is 1. The first-order valence-corrected chi connectivity index (χ1v) is 7.80. The van der Waals surface area contributed by atoms with Gasteiger partial charge in [-0.3, -0.25) is 14.9 Å². The number of amides is 1. The van der Waals surface area contributed by atoms with Gasteiger partial charge in [0.05, 0.1) is 28.3 Å². The molecule has 0 fully saturated rings. The smallest absolute Gasteiger partial charge is 0.340 e. The second kappa shape index (κ2) is 8.30. The van der Waals surface area contributed by atoms with Gasteiger partial charge in [0.2, 0.25) is 0 Å². The van der Waals surface area contributed by atoms with E-state index in [1.807, 2.05) is 0 Å². The standard InChI is InChI=1S/C17H15ClN2O6/c1-10(16(21)19-14-5-3-4-6-15(14)25-2)26-17(22)12-8-7-11(20(23)24)9-13(12)18/h3-10H,1-2H3,(H,19,21)/t10-/m1/s1. The number of carbonyl (C=O) groups excluding carboxylic acids is 2. The third-order valence-electron chi connectivity index (χ3n) is 3.40. The third-order valence-corrected chi connectivity index (χ3v) is 3.71. The van der Waals surface area contributed by atoms with Gasteiger partial charge in [0.25, 0.3) is 11.6 Å². The number of rotatable bonds is 6. The van der Waals surface area contributed by atoms with E-state index in [-0.39, 0.29) is 16.3 Å². The number of para-hydroxylation sites is 2. The number of nitrogens with one attached hydrogen (secondary N) is 1. The minimum atomic E-state index is -1.13. The maximum absolute atomic E-state index is 12.2. The number of anilines is 1. The van der Waals surface area contributed by atoms with Crippen LogP contribution in [0.25, 0.3) is 0 Å². The Hall–Kier alpha value is -3.13. The molecule has 1 amide bonds. The highest BCUT2D eigenvalue weighted by molar-refractivity contribution is 6.33. The molecule has 0 aromatic heterocycles. The molecule has 2 aromatic carbocycles. The van der Waals surface area contributed by atoms with Crippen LogP contribution in [0.4, 0.5) is 11.4 Å². The van der Waals surface area contributed by atoms with E-state index in [2.05, 4.69) is 5.32 Å². The summed E-state index contributed by atoms with van der Waals surface area (Å²) in [5, 5.41) is 13.2. The molecular formula is C17H15ClN2O6. The van der Waals surface area contributed by atoms with E-state index in [0.717, 1.165) is 12.1 Å². The summed E-state index contributed by atoms with van der Waals surface area (Å²) in [6, 6.07) is 10.1. The normalized spacial score (nSPS) is 11.3. The van der Waals surface area contributed by atoms with Crippen molar-refractivity contribution in [2.75, 3.05) is 12.4 Å². The first kappa shape index (κ1) is 19.2. The molecule has 0 saturated carbocycles. The quantitative estimate of drug-likeness (QED) is 0.468. The van der Waals surface area contributed by atoms with E-state index in [1.165, 1.54) is 20.1 Å². The molecule has 0 aliphatic heterocycles. The van der Waals surface area contributed by atoms with Crippen LogP contribution >= 0.6 is 11.6 Å². The number of esters is 1. The van der Waals surface area contributed by atoms with Crippen LogP contribution in [0.2, 0.25) is 5.02 Å². The summed E-state index contributed by atoms with van der Waals surface area (Å²) >= 11 is 5.88. The number of benzene rings is 2. The van der Waals surface area contributed by atoms with Crippen molar-refractivity contribution in [1.29, 1.82) is 0 Å². The Labute approximate surface area is 153 Å². The molecular weight excluding hydrogens is 364 g/mol. The molecule has 0 bridgehead atoms. The summed E-state index contributed by atoms with van der Waals surface area (Å²) in [6.45, 7) is 1.39. The van der Waals surface area contributed by atoms with E-state index in [1.54, 1.807) is 24.3 Å². The maximum Gasteiger partial charge on any atom is 0.340 e. The first-order valence-electron chi connectivity index (χ1n) is 7.42. The molecule has 136 valence electrons. The summed E-state index contributed by atoms with van der Waals surface area (Å²) in [4.78, 5) is 34.4. The van der Waals surface area contributed by atoms with Gasteiger partial charge in [-0.1, -0.05) is 23.7 Å². The van der Waals surface area contributed by atoms with Crippen molar-refractivity contribution in [2.45, 2.75) is 13.0 Å². The Morgan fingerprint density at radius 3 is 2.54 bits per heavy atom. The molecule has 0 aliphatic carbocycles. The Balaban J connectivity index is 2.06. The highest BCUT2D eigenvalue weighted by atomic mass is 35.5. The van der Waals surface area contributed by atoms with Crippen LogP contribution in [0.3, 0.4) is 0 Å². The molecule has 2 aromatic rings. The molecule has 0 unspecified atom stereocenters. The molecule has 0 spiro atoms. The molecule has 9 heteroatoms. The molecule has 0 radical (unpaired) electrons. The minimum absolute atomic E-state index is 0.0748. The second-order valence-corrected chi connectivity index (χ2v) is 5.57. The monoisotopic (exact) mass is 378 g/mol. The molecule has 0 heterocycles. The number of halogens is 1. The van der Waals surface area contributed by atoms with Gasteiger partial charge in [-0.05, 0) is 25.1 Å². The van der Waals surface area contributed by atoms with Gasteiger partial charge in [-0.2, -0.15) is 0 Å². The Morgan fingerprint density at radius 1 is 1.23 bits per heavy atom. The fourth-order valence-corrected chi connectivity index (χ4v) is 2.29. The van der Waals surface area contributed by atoms with Gasteiger partial charge in [0.15, 0.2) is 6.10 Å². The van der Waals surface area contributed by atoms with Crippen molar-refractivity contribution in [3.63, 3.8) is 0 Å². The zero-order valence-corrected chi connectivity index (χ0v) is 14.6. The topological polar surface area (TPSA) is 108 Å². The van der Waals surface area contributed by atoms with E-state index in [4.69, 9.17) is 21.1 Å². The fourth-order valence-electron chi connectivity index (χ4n) is 2.04. The number of non-ortho nitro benzene ring substituents is 1. The van der Waals surface area contributed by atoms with Crippen molar-refractivity contribution in [1.82, 2.24) is 0 Å². The number of ether oxygens (including phenoxy) is 2. The highest BCUT2D eigenvalue weighted by Crippen LogP contribution is 2.25. The largest absolute Gasteiger partial charge is 0.495 e. The van der Waals surface area contributed by atoms with E-state index >= 15 is 0 Å². The van der Waals surface area contributed by atoms with Gasteiger partial charge in [0, 0.05) is 12.1 Å². The number of nitro benzene ring substituents is 1. The zero-order chi connectivity index (χ0) is 19.3. The summed E-state index contributed by atoms with van der Waals surface area (Å²) in [5.74, 6) is -0.980. The van der Waals surface area contributed by atoms with Gasteiger partial charge >= 0.3 is 5.97 Å². The highest BCUT2D eigenvalue weighted by Gasteiger charge is 2.22. The zero-order valence-electron chi connectivity index (χ0n) is 13.9. The van der Waals surface area contributed by atoms with Gasteiger partial charge < -0.3 is 14.8 Å². The Bertz CT molecular complexity index is 855. The van der Waals surface area contributed by atoms with Crippen LogP contribution in [-0.2, 0) is 9.53 Å². The van der Waals surface area contributed by atoms with Crippen LogP contribution in [0, 0.1) is 10.1 Å². The summed E-state index contributed by atoms with van der Waals surface area (Å²) < 4.78 is 10.2. The molecule has 2 rings (SSSR count).